The second kappa shape index (κ2) is 8.00. The van der Waals surface area contributed by atoms with Crippen LogP contribution >= 0.6 is 0 Å². The summed E-state index contributed by atoms with van der Waals surface area (Å²) in [4.78, 5) is 34.0. The van der Waals surface area contributed by atoms with Crippen molar-refractivity contribution in [1.29, 1.82) is 0 Å². The average Bonchev–Trinajstić information content (AvgIpc) is 3.29. The Kier molecular flexibility index (Phi) is 5.15. The van der Waals surface area contributed by atoms with Crippen molar-refractivity contribution in [1.82, 2.24) is 19.9 Å². The summed E-state index contributed by atoms with van der Waals surface area (Å²) in [5.41, 5.74) is 0.828. The van der Waals surface area contributed by atoms with Crippen LogP contribution in [0.25, 0.3) is 10.9 Å². The molecule has 3 unspecified atom stereocenters. The zero-order valence-electron chi connectivity index (χ0n) is 18.0. The van der Waals surface area contributed by atoms with E-state index in [1.807, 2.05) is 0 Å². The third kappa shape index (κ3) is 3.53. The molecule has 1 N–H and O–H groups in total. The largest absolute Gasteiger partial charge is 0.481 e. The van der Waals surface area contributed by atoms with Crippen LogP contribution in [0.4, 0.5) is 4.39 Å². The van der Waals surface area contributed by atoms with E-state index in [0.29, 0.717) is 40.1 Å². The molecule has 8 heteroatoms. The fourth-order valence-electron chi connectivity index (χ4n) is 5.41. The van der Waals surface area contributed by atoms with Crippen molar-refractivity contribution in [2.75, 3.05) is 7.11 Å². The summed E-state index contributed by atoms with van der Waals surface area (Å²) in [6, 6.07) is 7.64. The first-order valence-corrected chi connectivity index (χ1v) is 11.0. The molecule has 7 nitrogen and oxygen atoms in total. The standard InChI is InChI=1S/C24H25FN4O3/c1-3-19(28-23(30)13-4-7-21(32-2)26-11-13)22-16-9-15(10-17(16)22)29-12-27-20-6-5-14(25)8-18(20)24(29)31/h4-8,11-12,15-17,19,22H,3,9-10H2,1-2H3,(H,28,30). The van der Waals surface area contributed by atoms with E-state index >= 15 is 0 Å². The van der Waals surface area contributed by atoms with Gasteiger partial charge in [-0.1, -0.05) is 6.92 Å². The molecule has 0 saturated heterocycles. The molecule has 3 aromatic rings. The summed E-state index contributed by atoms with van der Waals surface area (Å²) in [6.45, 7) is 2.08. The van der Waals surface area contributed by atoms with E-state index in [1.165, 1.54) is 31.5 Å². The van der Waals surface area contributed by atoms with E-state index < -0.39 is 5.82 Å². The average molecular weight is 436 g/mol. The van der Waals surface area contributed by atoms with E-state index in [1.54, 1.807) is 23.0 Å². The smallest absolute Gasteiger partial charge is 0.261 e. The molecule has 1 aromatic carbocycles. The maximum Gasteiger partial charge on any atom is 0.261 e. The molecule has 32 heavy (non-hydrogen) atoms. The van der Waals surface area contributed by atoms with Gasteiger partial charge in [-0.2, -0.15) is 0 Å². The zero-order chi connectivity index (χ0) is 22.4. The quantitative estimate of drug-likeness (QED) is 0.641. The van der Waals surface area contributed by atoms with Crippen molar-refractivity contribution in [3.8, 4) is 5.88 Å². The van der Waals surface area contributed by atoms with Gasteiger partial charge in [0.1, 0.15) is 5.82 Å². The van der Waals surface area contributed by atoms with Crippen molar-refractivity contribution in [2.24, 2.45) is 17.8 Å². The van der Waals surface area contributed by atoms with Gasteiger partial charge in [-0.3, -0.25) is 14.2 Å². The topological polar surface area (TPSA) is 86.1 Å². The Morgan fingerprint density at radius 3 is 2.69 bits per heavy atom. The summed E-state index contributed by atoms with van der Waals surface area (Å²) < 4.78 is 20.3. The number of amides is 1. The van der Waals surface area contributed by atoms with E-state index in [9.17, 15) is 14.0 Å². The summed E-state index contributed by atoms with van der Waals surface area (Å²) in [7, 11) is 1.54. The number of rotatable bonds is 6. The van der Waals surface area contributed by atoms with Crippen molar-refractivity contribution in [2.45, 2.75) is 38.3 Å². The number of hydrogen-bond acceptors (Lipinski definition) is 5. The molecule has 1 amide bonds. The fourth-order valence-corrected chi connectivity index (χ4v) is 5.41. The van der Waals surface area contributed by atoms with Gasteiger partial charge in [-0.05, 0) is 61.3 Å². The molecule has 5 rings (SSSR count). The van der Waals surface area contributed by atoms with E-state index in [-0.39, 0.29) is 23.6 Å². The number of carbonyl (C=O) groups excluding carboxylic acids is 1. The minimum Gasteiger partial charge on any atom is -0.481 e. The molecule has 2 fully saturated rings. The molecule has 0 spiro atoms. The normalized spacial score (nSPS) is 24.7. The summed E-state index contributed by atoms with van der Waals surface area (Å²) in [5, 5.41) is 3.48. The molecule has 0 radical (unpaired) electrons. The lowest BCUT2D eigenvalue weighted by atomic mass is 9.99. The van der Waals surface area contributed by atoms with Crippen LogP contribution in [0.2, 0.25) is 0 Å². The molecular weight excluding hydrogens is 411 g/mol. The fraction of sp³-hybridized carbons (Fsp3) is 0.417. The van der Waals surface area contributed by atoms with Gasteiger partial charge in [0, 0.05) is 24.3 Å². The summed E-state index contributed by atoms with van der Waals surface area (Å²) in [5.74, 6) is 1.25. The number of halogens is 1. The van der Waals surface area contributed by atoms with Crippen LogP contribution < -0.4 is 15.6 Å². The van der Waals surface area contributed by atoms with Crippen LogP contribution in [0.5, 0.6) is 5.88 Å². The number of fused-ring (bicyclic) bond motifs is 2. The number of benzene rings is 1. The first-order valence-electron chi connectivity index (χ1n) is 11.0. The first-order chi connectivity index (χ1) is 15.5. The lowest BCUT2D eigenvalue weighted by molar-refractivity contribution is 0.0926. The first kappa shape index (κ1) is 20.6. The summed E-state index contributed by atoms with van der Waals surface area (Å²) in [6.07, 6.45) is 5.69. The molecule has 2 aliphatic rings. The lowest BCUT2D eigenvalue weighted by Crippen LogP contribution is -2.37. The Bertz CT molecular complexity index is 1210. The molecule has 2 heterocycles. The summed E-state index contributed by atoms with van der Waals surface area (Å²) >= 11 is 0. The lowest BCUT2D eigenvalue weighted by Gasteiger charge is -2.22. The highest BCUT2D eigenvalue weighted by molar-refractivity contribution is 5.94. The zero-order valence-corrected chi connectivity index (χ0v) is 18.0. The van der Waals surface area contributed by atoms with Crippen LogP contribution in [0.3, 0.4) is 0 Å². The minimum atomic E-state index is -0.433. The molecule has 0 bridgehead atoms. The van der Waals surface area contributed by atoms with Crippen LogP contribution in [0.1, 0.15) is 42.6 Å². The SMILES string of the molecule is CCC(NC(=O)c1ccc(OC)nc1)C1C2CC(n3cnc4ccc(F)cc4c3=O)CC21. The third-order valence-electron chi connectivity index (χ3n) is 7.05. The maximum absolute atomic E-state index is 13.6. The second-order valence-corrected chi connectivity index (χ2v) is 8.73. The minimum absolute atomic E-state index is 0.0629. The van der Waals surface area contributed by atoms with Crippen molar-refractivity contribution in [3.05, 3.63) is 64.6 Å². The van der Waals surface area contributed by atoms with Crippen LogP contribution in [-0.4, -0.2) is 33.6 Å². The van der Waals surface area contributed by atoms with E-state index in [0.717, 1.165) is 19.3 Å². The number of aromatic nitrogens is 3. The van der Waals surface area contributed by atoms with Gasteiger partial charge in [0.2, 0.25) is 5.88 Å². The molecular formula is C24H25FN4O3. The second-order valence-electron chi connectivity index (χ2n) is 8.73. The van der Waals surface area contributed by atoms with Crippen LogP contribution in [-0.2, 0) is 0 Å². The van der Waals surface area contributed by atoms with Gasteiger partial charge in [0.15, 0.2) is 0 Å². The highest BCUT2D eigenvalue weighted by Gasteiger charge is 2.59. The van der Waals surface area contributed by atoms with Crippen LogP contribution in [0.15, 0.2) is 47.7 Å². The van der Waals surface area contributed by atoms with Crippen molar-refractivity contribution >= 4 is 16.8 Å². The predicted molar refractivity (Wildman–Crippen MR) is 117 cm³/mol. The van der Waals surface area contributed by atoms with Gasteiger partial charge in [-0.15, -0.1) is 0 Å². The van der Waals surface area contributed by atoms with Crippen molar-refractivity contribution < 1.29 is 13.9 Å². The number of nitrogens with zero attached hydrogens (tertiary/aromatic N) is 3. The number of methoxy groups -OCH3 is 1. The number of ether oxygens (including phenoxy) is 1. The number of nitrogens with one attached hydrogen (secondary N) is 1. The Morgan fingerprint density at radius 2 is 2.03 bits per heavy atom. The molecule has 2 aliphatic carbocycles. The third-order valence-corrected chi connectivity index (χ3v) is 7.05. The van der Waals surface area contributed by atoms with Crippen LogP contribution in [0, 0.1) is 23.6 Å². The number of pyridine rings is 1. The molecule has 166 valence electrons. The van der Waals surface area contributed by atoms with Gasteiger partial charge in [0.25, 0.3) is 11.5 Å². The Labute approximate surface area is 184 Å². The molecule has 3 atom stereocenters. The maximum atomic E-state index is 13.6. The molecule has 2 aromatic heterocycles. The predicted octanol–water partition coefficient (Wildman–Crippen LogP) is 3.34. The van der Waals surface area contributed by atoms with Crippen molar-refractivity contribution in [3.63, 3.8) is 0 Å². The van der Waals surface area contributed by atoms with Gasteiger partial charge < -0.3 is 10.1 Å². The van der Waals surface area contributed by atoms with Gasteiger partial charge in [0.05, 0.1) is 29.9 Å². The number of carbonyl (C=O) groups is 1. The van der Waals surface area contributed by atoms with E-state index in [2.05, 4.69) is 22.2 Å². The number of hydrogen-bond donors (Lipinski definition) is 1. The molecule has 2 saturated carbocycles. The highest BCUT2D eigenvalue weighted by Crippen LogP contribution is 2.62. The van der Waals surface area contributed by atoms with E-state index in [4.69, 9.17) is 4.74 Å². The monoisotopic (exact) mass is 436 g/mol. The Morgan fingerprint density at radius 1 is 1.25 bits per heavy atom. The van der Waals surface area contributed by atoms with Gasteiger partial charge in [-0.25, -0.2) is 14.4 Å². The Hall–Kier alpha value is -3.29. The molecule has 0 aliphatic heterocycles. The highest BCUT2D eigenvalue weighted by atomic mass is 19.1. The Balaban J connectivity index is 1.26. The van der Waals surface area contributed by atoms with Gasteiger partial charge >= 0.3 is 0 Å².